The number of aryl methyl sites for hydroxylation is 2. The standard InChI is InChI=1S/C20H21N3O3/c1-13-6-5-7-15(10-13)23-14(2)11-18(22-23)20(24)21-17-9-8-16(25-3)12-19(17)26-4/h5-12H,1-4H3,(H,21,24). The Hall–Kier alpha value is -3.28. The third-order valence-corrected chi connectivity index (χ3v) is 4.02. The molecule has 0 bridgehead atoms. The Kier molecular flexibility index (Phi) is 4.93. The van der Waals surface area contributed by atoms with Crippen LogP contribution < -0.4 is 14.8 Å². The Bertz CT molecular complexity index is 947. The average Bonchev–Trinajstić information content (AvgIpc) is 3.04. The van der Waals surface area contributed by atoms with Crippen LogP contribution in [0.5, 0.6) is 11.5 Å². The second-order valence-electron chi connectivity index (χ2n) is 5.94. The largest absolute Gasteiger partial charge is 0.497 e. The fourth-order valence-corrected chi connectivity index (χ4v) is 2.69. The Morgan fingerprint density at radius 1 is 1.04 bits per heavy atom. The van der Waals surface area contributed by atoms with Crippen LogP contribution in [0.3, 0.4) is 0 Å². The normalized spacial score (nSPS) is 10.5. The van der Waals surface area contributed by atoms with E-state index in [2.05, 4.69) is 10.4 Å². The van der Waals surface area contributed by atoms with Gasteiger partial charge in [0.1, 0.15) is 11.5 Å². The Labute approximate surface area is 152 Å². The number of amides is 1. The van der Waals surface area contributed by atoms with Crippen molar-refractivity contribution in [1.29, 1.82) is 0 Å². The summed E-state index contributed by atoms with van der Waals surface area (Å²) in [5.74, 6) is 0.870. The molecule has 0 fully saturated rings. The van der Waals surface area contributed by atoms with Gasteiger partial charge < -0.3 is 14.8 Å². The van der Waals surface area contributed by atoms with Crippen molar-refractivity contribution in [2.45, 2.75) is 13.8 Å². The fourth-order valence-electron chi connectivity index (χ4n) is 2.69. The molecule has 6 heteroatoms. The molecule has 3 rings (SSSR count). The van der Waals surface area contributed by atoms with E-state index in [-0.39, 0.29) is 5.91 Å². The van der Waals surface area contributed by atoms with E-state index in [0.717, 1.165) is 16.9 Å². The minimum Gasteiger partial charge on any atom is -0.497 e. The quantitative estimate of drug-likeness (QED) is 0.760. The third kappa shape index (κ3) is 3.54. The zero-order chi connectivity index (χ0) is 18.7. The number of carbonyl (C=O) groups is 1. The topological polar surface area (TPSA) is 65.4 Å². The van der Waals surface area contributed by atoms with Gasteiger partial charge >= 0.3 is 0 Å². The van der Waals surface area contributed by atoms with Crippen LogP contribution >= 0.6 is 0 Å². The molecule has 0 spiro atoms. The number of hydrogen-bond acceptors (Lipinski definition) is 4. The van der Waals surface area contributed by atoms with E-state index in [1.54, 1.807) is 43.2 Å². The van der Waals surface area contributed by atoms with Gasteiger partial charge in [0.05, 0.1) is 25.6 Å². The molecule has 0 radical (unpaired) electrons. The second kappa shape index (κ2) is 7.31. The Morgan fingerprint density at radius 2 is 1.85 bits per heavy atom. The molecule has 2 aromatic carbocycles. The summed E-state index contributed by atoms with van der Waals surface area (Å²) in [5, 5.41) is 7.28. The van der Waals surface area contributed by atoms with Crippen LogP contribution in [0, 0.1) is 13.8 Å². The third-order valence-electron chi connectivity index (χ3n) is 4.02. The van der Waals surface area contributed by atoms with E-state index in [1.807, 2.05) is 38.1 Å². The van der Waals surface area contributed by atoms with E-state index in [4.69, 9.17) is 9.47 Å². The monoisotopic (exact) mass is 351 g/mol. The number of anilines is 1. The molecule has 0 aliphatic heterocycles. The molecule has 0 unspecified atom stereocenters. The lowest BCUT2D eigenvalue weighted by atomic mass is 10.2. The number of carbonyl (C=O) groups excluding carboxylic acids is 1. The van der Waals surface area contributed by atoms with Crippen molar-refractivity contribution >= 4 is 11.6 Å². The molecule has 1 heterocycles. The number of ether oxygens (including phenoxy) is 2. The zero-order valence-electron chi connectivity index (χ0n) is 15.2. The van der Waals surface area contributed by atoms with Gasteiger partial charge in [-0.3, -0.25) is 4.79 Å². The van der Waals surface area contributed by atoms with E-state index >= 15 is 0 Å². The molecule has 0 aliphatic rings. The summed E-state index contributed by atoms with van der Waals surface area (Å²) in [4.78, 5) is 12.6. The zero-order valence-corrected chi connectivity index (χ0v) is 15.2. The van der Waals surface area contributed by atoms with Gasteiger partial charge in [0, 0.05) is 11.8 Å². The van der Waals surface area contributed by atoms with Crippen LogP contribution in [0.2, 0.25) is 0 Å². The average molecular weight is 351 g/mol. The van der Waals surface area contributed by atoms with Crippen LogP contribution in [0.25, 0.3) is 5.69 Å². The maximum atomic E-state index is 12.6. The van der Waals surface area contributed by atoms with E-state index in [0.29, 0.717) is 22.9 Å². The van der Waals surface area contributed by atoms with Gasteiger partial charge in [0.25, 0.3) is 5.91 Å². The van der Waals surface area contributed by atoms with Crippen LogP contribution in [0.15, 0.2) is 48.5 Å². The predicted molar refractivity (Wildman–Crippen MR) is 101 cm³/mol. The first kappa shape index (κ1) is 17.5. The molecule has 0 saturated heterocycles. The van der Waals surface area contributed by atoms with Crippen LogP contribution in [-0.4, -0.2) is 29.9 Å². The van der Waals surface area contributed by atoms with Crippen molar-refractivity contribution in [1.82, 2.24) is 9.78 Å². The first-order valence-corrected chi connectivity index (χ1v) is 8.19. The predicted octanol–water partition coefficient (Wildman–Crippen LogP) is 3.76. The Morgan fingerprint density at radius 3 is 2.54 bits per heavy atom. The van der Waals surface area contributed by atoms with Gasteiger partial charge in [-0.2, -0.15) is 5.10 Å². The summed E-state index contributed by atoms with van der Waals surface area (Å²) in [5.41, 5.74) is 3.82. The molecule has 26 heavy (non-hydrogen) atoms. The molecule has 1 amide bonds. The van der Waals surface area contributed by atoms with Gasteiger partial charge in [-0.15, -0.1) is 0 Å². The lowest BCUT2D eigenvalue weighted by molar-refractivity contribution is 0.102. The van der Waals surface area contributed by atoms with Crippen LogP contribution in [-0.2, 0) is 0 Å². The van der Waals surface area contributed by atoms with Crippen LogP contribution in [0.1, 0.15) is 21.7 Å². The smallest absolute Gasteiger partial charge is 0.276 e. The second-order valence-corrected chi connectivity index (χ2v) is 5.94. The molecule has 0 aliphatic carbocycles. The molecule has 1 N–H and O–H groups in total. The number of hydrogen-bond donors (Lipinski definition) is 1. The van der Waals surface area contributed by atoms with E-state index in [1.165, 1.54) is 0 Å². The van der Waals surface area contributed by atoms with Crippen molar-refractivity contribution in [3.8, 4) is 17.2 Å². The summed E-state index contributed by atoms with van der Waals surface area (Å²) < 4.78 is 12.2. The molecule has 1 aromatic heterocycles. The molecule has 134 valence electrons. The molecular weight excluding hydrogens is 330 g/mol. The van der Waals surface area contributed by atoms with Crippen molar-refractivity contribution in [2.24, 2.45) is 0 Å². The van der Waals surface area contributed by atoms with E-state index < -0.39 is 0 Å². The highest BCUT2D eigenvalue weighted by Gasteiger charge is 2.16. The lowest BCUT2D eigenvalue weighted by Crippen LogP contribution is -2.14. The number of rotatable bonds is 5. The van der Waals surface area contributed by atoms with Gasteiger partial charge in [-0.05, 0) is 49.7 Å². The highest BCUT2D eigenvalue weighted by molar-refractivity contribution is 6.03. The van der Waals surface area contributed by atoms with Crippen molar-refractivity contribution in [3.05, 3.63) is 65.5 Å². The van der Waals surface area contributed by atoms with Gasteiger partial charge in [-0.25, -0.2) is 4.68 Å². The number of nitrogens with one attached hydrogen (secondary N) is 1. The minimum atomic E-state index is -0.303. The SMILES string of the molecule is COc1ccc(NC(=O)c2cc(C)n(-c3cccc(C)c3)n2)c(OC)c1. The van der Waals surface area contributed by atoms with E-state index in [9.17, 15) is 4.79 Å². The molecule has 0 saturated carbocycles. The molecule has 6 nitrogen and oxygen atoms in total. The minimum absolute atomic E-state index is 0.303. The number of benzene rings is 2. The maximum Gasteiger partial charge on any atom is 0.276 e. The van der Waals surface area contributed by atoms with Gasteiger partial charge in [-0.1, -0.05) is 12.1 Å². The van der Waals surface area contributed by atoms with Gasteiger partial charge in [0.15, 0.2) is 5.69 Å². The van der Waals surface area contributed by atoms with Gasteiger partial charge in [0.2, 0.25) is 0 Å². The molecular formula is C20H21N3O3. The number of methoxy groups -OCH3 is 2. The highest BCUT2D eigenvalue weighted by atomic mass is 16.5. The summed E-state index contributed by atoms with van der Waals surface area (Å²) in [6, 6.07) is 14.9. The Balaban J connectivity index is 1.86. The molecule has 3 aromatic rings. The summed E-state index contributed by atoms with van der Waals surface area (Å²) in [6.07, 6.45) is 0. The maximum absolute atomic E-state index is 12.6. The summed E-state index contributed by atoms with van der Waals surface area (Å²) in [6.45, 7) is 3.94. The van der Waals surface area contributed by atoms with Crippen molar-refractivity contribution in [2.75, 3.05) is 19.5 Å². The highest BCUT2D eigenvalue weighted by Crippen LogP contribution is 2.29. The molecule has 0 atom stereocenters. The first-order valence-electron chi connectivity index (χ1n) is 8.19. The fraction of sp³-hybridized carbons (Fsp3) is 0.200. The van der Waals surface area contributed by atoms with Crippen molar-refractivity contribution < 1.29 is 14.3 Å². The first-order chi connectivity index (χ1) is 12.5. The number of nitrogens with zero attached hydrogens (tertiary/aromatic N) is 2. The lowest BCUT2D eigenvalue weighted by Gasteiger charge is -2.10. The summed E-state index contributed by atoms with van der Waals surface area (Å²) >= 11 is 0. The van der Waals surface area contributed by atoms with Crippen LogP contribution in [0.4, 0.5) is 5.69 Å². The summed E-state index contributed by atoms with van der Waals surface area (Å²) in [7, 11) is 3.12. The number of aromatic nitrogens is 2. The van der Waals surface area contributed by atoms with Crippen molar-refractivity contribution in [3.63, 3.8) is 0 Å².